The van der Waals surface area contributed by atoms with Gasteiger partial charge in [-0.2, -0.15) is 0 Å². The van der Waals surface area contributed by atoms with Crippen LogP contribution in [0.25, 0.3) is 0 Å². The molecule has 3 heterocycles. The lowest BCUT2D eigenvalue weighted by Gasteiger charge is -2.40. The zero-order valence-electron chi connectivity index (χ0n) is 19.0. The van der Waals surface area contributed by atoms with Crippen molar-refractivity contribution in [3.05, 3.63) is 34.9 Å². The van der Waals surface area contributed by atoms with Crippen LogP contribution in [0.1, 0.15) is 80.2 Å². The molecule has 2 N–H and O–H groups in total. The third-order valence-electron chi connectivity index (χ3n) is 8.22. The van der Waals surface area contributed by atoms with E-state index in [1.54, 1.807) is 0 Å². The molecule has 0 spiro atoms. The molecule has 0 aromatic heterocycles. The monoisotopic (exact) mass is 441 g/mol. The van der Waals surface area contributed by atoms with Crippen molar-refractivity contribution in [3.8, 4) is 0 Å². The van der Waals surface area contributed by atoms with Gasteiger partial charge in [0, 0.05) is 26.1 Å². The maximum atomic E-state index is 12.3. The third-order valence-corrected chi connectivity index (χ3v) is 8.22. The number of benzene rings is 1. The lowest BCUT2D eigenvalue weighted by Crippen LogP contribution is -2.51. The van der Waals surface area contributed by atoms with Gasteiger partial charge in [0.25, 0.3) is 0 Å². The number of ether oxygens (including phenoxy) is 1. The Kier molecular flexibility index (Phi) is 6.34. The molecule has 1 aromatic carbocycles. The van der Waals surface area contributed by atoms with Gasteiger partial charge in [-0.05, 0) is 80.6 Å². The predicted octanol–water partition coefficient (Wildman–Crippen LogP) is 2.44. The summed E-state index contributed by atoms with van der Waals surface area (Å²) < 4.78 is 5.53. The van der Waals surface area contributed by atoms with E-state index in [-0.39, 0.29) is 11.8 Å². The van der Waals surface area contributed by atoms with Gasteiger partial charge in [0.05, 0.1) is 12.1 Å². The van der Waals surface area contributed by atoms with Crippen LogP contribution in [0.2, 0.25) is 0 Å². The van der Waals surface area contributed by atoms with Gasteiger partial charge < -0.3 is 14.7 Å². The number of aliphatic hydroxyl groups is 1. The lowest BCUT2D eigenvalue weighted by molar-refractivity contribution is -0.141. The molecule has 0 radical (unpaired) electrons. The summed E-state index contributed by atoms with van der Waals surface area (Å²) in [7, 11) is 1.83. The number of likely N-dealkylation sites (tertiary alicyclic amines) is 1. The summed E-state index contributed by atoms with van der Waals surface area (Å²) in [4.78, 5) is 28.3. The molecule has 7 nitrogen and oxygen atoms in total. The summed E-state index contributed by atoms with van der Waals surface area (Å²) >= 11 is 0. The fourth-order valence-corrected chi connectivity index (χ4v) is 6.25. The molecule has 2 saturated heterocycles. The number of aliphatic hydroxyl groups excluding tert-OH is 1. The minimum Gasteiger partial charge on any atom is -0.381 e. The van der Waals surface area contributed by atoms with Crippen molar-refractivity contribution in [3.63, 3.8) is 0 Å². The first kappa shape index (κ1) is 22.0. The molecule has 7 heteroatoms. The quantitative estimate of drug-likeness (QED) is 0.699. The summed E-state index contributed by atoms with van der Waals surface area (Å²) in [5.41, 5.74) is 3.36. The van der Waals surface area contributed by atoms with E-state index in [2.05, 4.69) is 22.3 Å². The van der Waals surface area contributed by atoms with Crippen LogP contribution < -0.4 is 5.32 Å². The van der Waals surface area contributed by atoms with Crippen LogP contribution in [0.3, 0.4) is 0 Å². The zero-order chi connectivity index (χ0) is 22.2. The summed E-state index contributed by atoms with van der Waals surface area (Å²) in [6.07, 6.45) is 7.64. The third kappa shape index (κ3) is 4.23. The van der Waals surface area contributed by atoms with Gasteiger partial charge in [0.2, 0.25) is 11.8 Å². The van der Waals surface area contributed by atoms with Gasteiger partial charge in [-0.15, -0.1) is 0 Å². The number of hydrogen-bond acceptors (Lipinski definition) is 6. The molecule has 1 saturated carbocycles. The van der Waals surface area contributed by atoms with Crippen molar-refractivity contribution in [1.82, 2.24) is 15.1 Å². The number of imide groups is 1. The van der Waals surface area contributed by atoms with Crippen molar-refractivity contribution < 1.29 is 19.4 Å². The van der Waals surface area contributed by atoms with E-state index in [0.717, 1.165) is 24.2 Å². The maximum absolute atomic E-state index is 12.3. The predicted molar refractivity (Wildman–Crippen MR) is 120 cm³/mol. The first-order chi connectivity index (χ1) is 15.5. The number of rotatable bonds is 4. The van der Waals surface area contributed by atoms with Crippen LogP contribution in [-0.2, 0) is 20.9 Å². The van der Waals surface area contributed by atoms with E-state index in [0.29, 0.717) is 37.5 Å². The smallest absolute Gasteiger partial charge is 0.244 e. The van der Waals surface area contributed by atoms with E-state index < -0.39 is 12.3 Å². The van der Waals surface area contributed by atoms with Crippen molar-refractivity contribution in [2.24, 2.45) is 0 Å². The van der Waals surface area contributed by atoms with Crippen molar-refractivity contribution in [2.45, 2.75) is 88.2 Å². The van der Waals surface area contributed by atoms with E-state index >= 15 is 0 Å². The summed E-state index contributed by atoms with van der Waals surface area (Å²) in [6.45, 7) is 2.85. The molecule has 32 heavy (non-hydrogen) atoms. The first-order valence-electron chi connectivity index (χ1n) is 12.2. The normalized spacial score (nSPS) is 32.7. The summed E-state index contributed by atoms with van der Waals surface area (Å²) in [5.74, 6) is 0.0340. The van der Waals surface area contributed by atoms with E-state index in [9.17, 15) is 14.7 Å². The molecular formula is C25H35N3O4. The van der Waals surface area contributed by atoms with Crippen LogP contribution in [0, 0.1) is 0 Å². The number of nitrogens with zero attached hydrogens (tertiary/aromatic N) is 2. The van der Waals surface area contributed by atoms with E-state index in [1.807, 2.05) is 18.1 Å². The van der Waals surface area contributed by atoms with Crippen LogP contribution in [0.5, 0.6) is 0 Å². The molecule has 2 amide bonds. The second-order valence-corrected chi connectivity index (χ2v) is 9.95. The van der Waals surface area contributed by atoms with Crippen molar-refractivity contribution in [2.75, 3.05) is 20.2 Å². The average Bonchev–Trinajstić information content (AvgIpc) is 3.15. The molecule has 5 rings (SSSR count). The van der Waals surface area contributed by atoms with Gasteiger partial charge in [0.1, 0.15) is 6.23 Å². The highest BCUT2D eigenvalue weighted by Crippen LogP contribution is 2.39. The highest BCUT2D eigenvalue weighted by molar-refractivity contribution is 6.00. The topological polar surface area (TPSA) is 82.1 Å². The summed E-state index contributed by atoms with van der Waals surface area (Å²) in [5, 5.41) is 13.3. The Bertz CT molecular complexity index is 859. The Morgan fingerprint density at radius 1 is 1.03 bits per heavy atom. The molecule has 174 valence electrons. The molecule has 1 aliphatic carbocycles. The highest BCUT2D eigenvalue weighted by Gasteiger charge is 2.40. The Morgan fingerprint density at radius 3 is 2.47 bits per heavy atom. The maximum Gasteiger partial charge on any atom is 0.244 e. The molecule has 4 aliphatic rings. The number of fused-ring (bicyclic) bond motifs is 1. The van der Waals surface area contributed by atoms with Crippen LogP contribution in [0.15, 0.2) is 18.2 Å². The number of hydrogen-bond donors (Lipinski definition) is 2. The minimum absolute atomic E-state index is 0.224. The second-order valence-electron chi connectivity index (χ2n) is 9.95. The fraction of sp³-hybridized carbons (Fsp3) is 0.680. The first-order valence-corrected chi connectivity index (χ1v) is 12.2. The Balaban J connectivity index is 1.20. The van der Waals surface area contributed by atoms with Gasteiger partial charge in [-0.3, -0.25) is 19.8 Å². The van der Waals surface area contributed by atoms with Crippen LogP contribution >= 0.6 is 0 Å². The standard InChI is InChI=1S/C25H35N3O4/c1-32-20-5-3-19(4-6-20)27-12-10-16(11-13-27)17-2-7-21-18(14-17)15-28(25(21)31)22-8-9-23(29)26-24(22)30/h2,7,14,16,19-20,22,25,31H,3-6,8-13,15H2,1H3,(H,26,29,30). The van der Waals surface area contributed by atoms with Crippen LogP contribution in [0.4, 0.5) is 0 Å². The fourth-order valence-electron chi connectivity index (χ4n) is 6.25. The van der Waals surface area contributed by atoms with Gasteiger partial charge in [-0.1, -0.05) is 18.2 Å². The molecule has 2 atom stereocenters. The van der Waals surface area contributed by atoms with Gasteiger partial charge >= 0.3 is 0 Å². The average molecular weight is 442 g/mol. The van der Waals surface area contributed by atoms with Crippen molar-refractivity contribution >= 4 is 11.8 Å². The summed E-state index contributed by atoms with van der Waals surface area (Å²) in [6, 6.07) is 6.71. The Morgan fingerprint density at radius 2 is 1.78 bits per heavy atom. The second kappa shape index (κ2) is 9.21. The Hall–Kier alpha value is -1.80. The molecular weight excluding hydrogens is 406 g/mol. The lowest BCUT2D eigenvalue weighted by atomic mass is 9.85. The van der Waals surface area contributed by atoms with Crippen LogP contribution in [-0.4, -0.2) is 65.1 Å². The number of nitrogens with one attached hydrogen (secondary N) is 1. The van der Waals surface area contributed by atoms with E-state index in [4.69, 9.17) is 4.74 Å². The van der Waals surface area contributed by atoms with Gasteiger partial charge in [-0.25, -0.2) is 0 Å². The van der Waals surface area contributed by atoms with Gasteiger partial charge in [0.15, 0.2) is 0 Å². The van der Waals surface area contributed by atoms with Crippen molar-refractivity contribution in [1.29, 1.82) is 0 Å². The molecule has 2 unspecified atom stereocenters. The molecule has 3 aliphatic heterocycles. The largest absolute Gasteiger partial charge is 0.381 e. The van der Waals surface area contributed by atoms with E-state index in [1.165, 1.54) is 44.1 Å². The minimum atomic E-state index is -0.785. The number of carbonyl (C=O) groups is 2. The number of piperidine rings is 2. The molecule has 0 bridgehead atoms. The number of methoxy groups -OCH3 is 1. The number of amides is 2. The zero-order valence-corrected chi connectivity index (χ0v) is 19.0. The number of carbonyl (C=O) groups excluding carboxylic acids is 2. The molecule has 3 fully saturated rings. The molecule has 1 aromatic rings. The Labute approximate surface area is 190 Å². The SMILES string of the molecule is COC1CCC(N2CCC(c3ccc4c(c3)CN(C3CCC(=O)NC3=O)C4O)CC2)CC1. The highest BCUT2D eigenvalue weighted by atomic mass is 16.5.